The van der Waals surface area contributed by atoms with Crippen LogP contribution in [0.4, 0.5) is 0 Å². The molecule has 0 amide bonds. The Hall–Kier alpha value is 0. The Morgan fingerprint density at radius 3 is 0.852 bits per heavy atom. The van der Waals surface area contributed by atoms with Crippen LogP contribution in [-0.2, 0) is 0 Å². The fraction of sp³-hybridized carbons (Fsp3) is 1.00. The van der Waals surface area contributed by atoms with Crippen molar-refractivity contribution in [3.05, 3.63) is 0 Å². The summed E-state index contributed by atoms with van der Waals surface area (Å²) in [6, 6.07) is 0. The predicted octanol–water partition coefficient (Wildman–Crippen LogP) is 10.6. The lowest BCUT2D eigenvalue weighted by molar-refractivity contribution is 0.368. The Balaban J connectivity index is 3.52. The smallest absolute Gasteiger partial charge is 0.0414 e. The minimum Gasteiger partial charge on any atom is -0.0654 e. The van der Waals surface area contributed by atoms with E-state index < -0.39 is 0 Å². The highest BCUT2D eigenvalue weighted by Crippen LogP contribution is 2.24. The molecule has 0 bridgehead atoms. The molecule has 0 saturated carbocycles. The summed E-state index contributed by atoms with van der Waals surface area (Å²) in [5.74, 6) is 1.04. The molecule has 0 fully saturated rings. The summed E-state index contributed by atoms with van der Waals surface area (Å²) in [7, 11) is 0. The zero-order valence-corrected chi connectivity index (χ0v) is 19.8. The van der Waals surface area contributed by atoms with Gasteiger partial charge in [-0.2, -0.15) is 0 Å². The van der Waals surface area contributed by atoms with Crippen LogP contribution in [0.3, 0.4) is 0 Å². The van der Waals surface area contributed by atoms with Crippen molar-refractivity contribution in [3.63, 3.8) is 0 Å². The standard InChI is InChI=1S/C27H56/c1-4-7-10-12-13-14-15-16-17-18-20-23-26-27(24-21-9-6-3)25-22-19-11-8-5-2/h27H,4-26H2,1-3H3. The topological polar surface area (TPSA) is 0 Å². The van der Waals surface area contributed by atoms with Gasteiger partial charge in [-0.25, -0.2) is 0 Å². The van der Waals surface area contributed by atoms with E-state index in [1.165, 1.54) is 148 Å². The van der Waals surface area contributed by atoms with Gasteiger partial charge in [0.1, 0.15) is 0 Å². The summed E-state index contributed by atoms with van der Waals surface area (Å²) in [4.78, 5) is 0. The van der Waals surface area contributed by atoms with E-state index >= 15 is 0 Å². The third-order valence-electron chi connectivity index (χ3n) is 6.40. The van der Waals surface area contributed by atoms with E-state index in [1.54, 1.807) is 0 Å². The Morgan fingerprint density at radius 1 is 0.296 bits per heavy atom. The molecule has 0 aromatic rings. The largest absolute Gasteiger partial charge is 0.0654 e. The molecule has 0 spiro atoms. The first-order valence-electron chi connectivity index (χ1n) is 13.3. The quantitative estimate of drug-likeness (QED) is 0.155. The van der Waals surface area contributed by atoms with E-state index in [1.807, 2.05) is 0 Å². The highest BCUT2D eigenvalue weighted by Gasteiger charge is 2.08. The molecule has 0 aliphatic carbocycles. The van der Waals surface area contributed by atoms with Gasteiger partial charge in [0.15, 0.2) is 0 Å². The van der Waals surface area contributed by atoms with Crippen LogP contribution in [-0.4, -0.2) is 0 Å². The number of unbranched alkanes of at least 4 members (excludes halogenated alkanes) is 17. The van der Waals surface area contributed by atoms with Gasteiger partial charge in [0.2, 0.25) is 0 Å². The molecule has 0 heterocycles. The van der Waals surface area contributed by atoms with Crippen molar-refractivity contribution >= 4 is 0 Å². The molecular weight excluding hydrogens is 324 g/mol. The van der Waals surface area contributed by atoms with Crippen molar-refractivity contribution in [1.29, 1.82) is 0 Å². The second-order valence-corrected chi connectivity index (χ2v) is 9.24. The first kappa shape index (κ1) is 27.0. The molecule has 0 aliphatic rings. The van der Waals surface area contributed by atoms with E-state index in [4.69, 9.17) is 0 Å². The fourth-order valence-corrected chi connectivity index (χ4v) is 4.43. The molecule has 0 heteroatoms. The van der Waals surface area contributed by atoms with Gasteiger partial charge >= 0.3 is 0 Å². The lowest BCUT2D eigenvalue weighted by Crippen LogP contribution is -2.01. The van der Waals surface area contributed by atoms with Gasteiger partial charge in [-0.1, -0.05) is 168 Å². The normalized spacial score (nSPS) is 12.6. The van der Waals surface area contributed by atoms with Gasteiger partial charge in [0.05, 0.1) is 0 Å². The molecule has 27 heavy (non-hydrogen) atoms. The lowest BCUT2D eigenvalue weighted by Gasteiger charge is -2.17. The van der Waals surface area contributed by atoms with Crippen molar-refractivity contribution in [1.82, 2.24) is 0 Å². The highest BCUT2D eigenvalue weighted by molar-refractivity contribution is 4.62. The maximum Gasteiger partial charge on any atom is -0.0414 e. The molecule has 0 radical (unpaired) electrons. The van der Waals surface area contributed by atoms with E-state index in [0.29, 0.717) is 0 Å². The average molecular weight is 381 g/mol. The SMILES string of the molecule is CCCCCCCCCCCCCCC(CCCCC)CCCCCCC. The van der Waals surface area contributed by atoms with Gasteiger partial charge < -0.3 is 0 Å². The van der Waals surface area contributed by atoms with Crippen LogP contribution in [0.15, 0.2) is 0 Å². The van der Waals surface area contributed by atoms with Crippen LogP contribution in [0.25, 0.3) is 0 Å². The van der Waals surface area contributed by atoms with Crippen LogP contribution in [0.5, 0.6) is 0 Å². The summed E-state index contributed by atoms with van der Waals surface area (Å²) >= 11 is 0. The van der Waals surface area contributed by atoms with Gasteiger partial charge in [0.25, 0.3) is 0 Å². The molecule has 0 aromatic heterocycles. The molecule has 0 nitrogen and oxygen atoms in total. The lowest BCUT2D eigenvalue weighted by atomic mass is 9.89. The fourth-order valence-electron chi connectivity index (χ4n) is 4.43. The van der Waals surface area contributed by atoms with E-state index in [2.05, 4.69) is 20.8 Å². The van der Waals surface area contributed by atoms with Gasteiger partial charge in [-0.05, 0) is 5.92 Å². The minimum absolute atomic E-state index is 1.04. The molecule has 0 aliphatic heterocycles. The van der Waals surface area contributed by atoms with Crippen LogP contribution in [0.1, 0.15) is 168 Å². The molecule has 0 aromatic carbocycles. The molecular formula is C27H56. The van der Waals surface area contributed by atoms with Crippen LogP contribution in [0.2, 0.25) is 0 Å². The second kappa shape index (κ2) is 24.0. The van der Waals surface area contributed by atoms with Crippen LogP contribution in [0, 0.1) is 5.92 Å². The van der Waals surface area contributed by atoms with E-state index in [-0.39, 0.29) is 0 Å². The van der Waals surface area contributed by atoms with E-state index in [9.17, 15) is 0 Å². The minimum atomic E-state index is 1.04. The summed E-state index contributed by atoms with van der Waals surface area (Å²) in [5.41, 5.74) is 0. The number of hydrogen-bond acceptors (Lipinski definition) is 0. The number of hydrogen-bond donors (Lipinski definition) is 0. The van der Waals surface area contributed by atoms with Crippen molar-refractivity contribution in [2.45, 2.75) is 168 Å². The molecule has 1 atom stereocenters. The third kappa shape index (κ3) is 22.2. The van der Waals surface area contributed by atoms with Crippen molar-refractivity contribution in [2.75, 3.05) is 0 Å². The van der Waals surface area contributed by atoms with Gasteiger partial charge in [-0.15, -0.1) is 0 Å². The summed E-state index contributed by atoms with van der Waals surface area (Å²) < 4.78 is 0. The molecule has 0 rings (SSSR count). The maximum absolute atomic E-state index is 2.34. The molecule has 0 saturated heterocycles. The first-order chi connectivity index (χ1) is 13.3. The van der Waals surface area contributed by atoms with Crippen molar-refractivity contribution < 1.29 is 0 Å². The average Bonchev–Trinajstić information content (AvgIpc) is 2.68. The van der Waals surface area contributed by atoms with Crippen molar-refractivity contribution in [3.8, 4) is 0 Å². The van der Waals surface area contributed by atoms with Crippen LogP contribution < -0.4 is 0 Å². The van der Waals surface area contributed by atoms with Crippen molar-refractivity contribution in [2.24, 2.45) is 5.92 Å². The molecule has 164 valence electrons. The summed E-state index contributed by atoms with van der Waals surface area (Å²) in [6.07, 6.45) is 33.8. The van der Waals surface area contributed by atoms with Crippen LogP contribution >= 0.6 is 0 Å². The predicted molar refractivity (Wildman–Crippen MR) is 127 cm³/mol. The Kier molecular flexibility index (Phi) is 24.0. The Labute approximate surface area is 174 Å². The zero-order chi connectivity index (χ0) is 19.8. The third-order valence-corrected chi connectivity index (χ3v) is 6.40. The van der Waals surface area contributed by atoms with Gasteiger partial charge in [0, 0.05) is 0 Å². The molecule has 0 N–H and O–H groups in total. The summed E-state index contributed by atoms with van der Waals surface area (Å²) in [5, 5.41) is 0. The monoisotopic (exact) mass is 380 g/mol. The summed E-state index contributed by atoms with van der Waals surface area (Å²) in [6.45, 7) is 6.97. The number of rotatable bonds is 23. The zero-order valence-electron chi connectivity index (χ0n) is 19.8. The maximum atomic E-state index is 2.34. The first-order valence-corrected chi connectivity index (χ1v) is 13.3. The molecule has 1 unspecified atom stereocenters. The highest BCUT2D eigenvalue weighted by atomic mass is 14.1. The Morgan fingerprint density at radius 2 is 0.519 bits per heavy atom. The second-order valence-electron chi connectivity index (χ2n) is 9.24. The Bertz CT molecular complexity index is 244. The van der Waals surface area contributed by atoms with E-state index in [0.717, 1.165) is 5.92 Å². The van der Waals surface area contributed by atoms with Gasteiger partial charge in [-0.3, -0.25) is 0 Å².